The standard InChI is InChI=1S/C47H33N3O/c1-3-12-30(13-4-1)33-17-11-18-34(28-33)39-26-27-42-43(40-20-9-10-21-41(40)51-42)44(39)47-49-45(32-15-5-2-6-16-32)48-46(50-47)36-24-25-38-35(29-36)23-22-31-14-7-8-19-37(31)38/h1-29,46-47,50H,(H,48,49). The van der Waals surface area contributed by atoms with E-state index in [2.05, 4.69) is 168 Å². The predicted octanol–water partition coefficient (Wildman–Crippen LogP) is 11.6. The van der Waals surface area contributed by atoms with E-state index in [4.69, 9.17) is 9.41 Å². The molecule has 1 aromatic heterocycles. The van der Waals surface area contributed by atoms with Crippen LogP contribution in [-0.4, -0.2) is 5.84 Å². The molecule has 0 aliphatic carbocycles. The zero-order valence-corrected chi connectivity index (χ0v) is 27.8. The molecule has 0 saturated carbocycles. The molecule has 2 heterocycles. The first-order valence-corrected chi connectivity index (χ1v) is 17.4. The van der Waals surface area contributed by atoms with Crippen LogP contribution in [0.15, 0.2) is 185 Å². The van der Waals surface area contributed by atoms with E-state index in [1.165, 1.54) is 32.7 Å². The first kappa shape index (κ1) is 29.4. The molecule has 2 atom stereocenters. The summed E-state index contributed by atoms with van der Waals surface area (Å²) in [6.45, 7) is 0. The Labute approximate surface area is 295 Å². The highest BCUT2D eigenvalue weighted by molar-refractivity contribution is 6.10. The van der Waals surface area contributed by atoms with E-state index >= 15 is 0 Å². The topological polar surface area (TPSA) is 49.6 Å². The lowest BCUT2D eigenvalue weighted by molar-refractivity contribution is 0.411. The summed E-state index contributed by atoms with van der Waals surface area (Å²) in [5.41, 5.74) is 9.59. The number of benzene rings is 8. The van der Waals surface area contributed by atoms with E-state index in [1.807, 2.05) is 18.2 Å². The van der Waals surface area contributed by atoms with Crippen LogP contribution in [0.25, 0.3) is 65.7 Å². The normalized spacial score (nSPS) is 16.0. The molecule has 1 aliphatic heterocycles. The maximum Gasteiger partial charge on any atom is 0.135 e. The fourth-order valence-electron chi connectivity index (χ4n) is 7.71. The molecule has 8 aromatic carbocycles. The van der Waals surface area contributed by atoms with Gasteiger partial charge < -0.3 is 9.73 Å². The molecule has 0 bridgehead atoms. The van der Waals surface area contributed by atoms with Gasteiger partial charge in [0.15, 0.2) is 0 Å². The minimum atomic E-state index is -0.390. The molecule has 51 heavy (non-hydrogen) atoms. The van der Waals surface area contributed by atoms with Crippen molar-refractivity contribution in [2.45, 2.75) is 12.3 Å². The number of aliphatic imine (C=N–C) groups is 1. The van der Waals surface area contributed by atoms with Crippen molar-refractivity contribution in [3.05, 3.63) is 193 Å². The number of amidine groups is 1. The fourth-order valence-corrected chi connectivity index (χ4v) is 7.71. The Morgan fingerprint density at radius 1 is 0.471 bits per heavy atom. The average molecular weight is 656 g/mol. The molecule has 242 valence electrons. The first-order valence-electron chi connectivity index (χ1n) is 17.4. The minimum Gasteiger partial charge on any atom is -0.456 e. The third-order valence-corrected chi connectivity index (χ3v) is 10.2. The molecule has 0 fully saturated rings. The molecule has 4 heteroatoms. The van der Waals surface area contributed by atoms with Crippen LogP contribution in [0.1, 0.15) is 29.0 Å². The van der Waals surface area contributed by atoms with E-state index in [9.17, 15) is 0 Å². The number of furan rings is 1. The Bertz CT molecular complexity index is 2770. The van der Waals surface area contributed by atoms with Crippen molar-refractivity contribution in [1.82, 2.24) is 10.6 Å². The van der Waals surface area contributed by atoms with Crippen LogP contribution in [0, 0.1) is 0 Å². The van der Waals surface area contributed by atoms with Gasteiger partial charge in [-0.15, -0.1) is 0 Å². The highest BCUT2D eigenvalue weighted by atomic mass is 16.3. The van der Waals surface area contributed by atoms with Gasteiger partial charge in [0.1, 0.15) is 29.3 Å². The lowest BCUT2D eigenvalue weighted by atomic mass is 9.91. The van der Waals surface area contributed by atoms with Gasteiger partial charge >= 0.3 is 0 Å². The summed E-state index contributed by atoms with van der Waals surface area (Å²) < 4.78 is 6.48. The molecular formula is C47H33N3O. The number of para-hydroxylation sites is 1. The van der Waals surface area contributed by atoms with E-state index in [-0.39, 0.29) is 12.3 Å². The molecule has 2 unspecified atom stereocenters. The zero-order valence-electron chi connectivity index (χ0n) is 27.8. The number of nitrogens with zero attached hydrogens (tertiary/aromatic N) is 1. The van der Waals surface area contributed by atoms with E-state index in [0.717, 1.165) is 55.6 Å². The second kappa shape index (κ2) is 12.1. The number of hydrogen-bond donors (Lipinski definition) is 2. The SMILES string of the molecule is c1ccc(C2=NC(c3c(-c4cccc(-c5ccccc5)c4)ccc4oc5ccccc5c34)NC(c3ccc4c(ccc5ccccc54)c3)N2)cc1. The van der Waals surface area contributed by atoms with Crippen LogP contribution in [-0.2, 0) is 0 Å². The summed E-state index contributed by atoms with van der Waals surface area (Å²) in [4.78, 5) is 5.46. The second-order valence-electron chi connectivity index (χ2n) is 13.2. The Hall–Kier alpha value is -6.49. The summed E-state index contributed by atoms with van der Waals surface area (Å²) in [6, 6.07) is 62.2. The van der Waals surface area contributed by atoms with Crippen LogP contribution in [0.4, 0.5) is 0 Å². The largest absolute Gasteiger partial charge is 0.456 e. The van der Waals surface area contributed by atoms with Gasteiger partial charge in [0.2, 0.25) is 0 Å². The predicted molar refractivity (Wildman–Crippen MR) is 211 cm³/mol. The number of fused-ring (bicyclic) bond motifs is 6. The first-order chi connectivity index (χ1) is 25.3. The highest BCUT2D eigenvalue weighted by Crippen LogP contribution is 2.43. The zero-order chi connectivity index (χ0) is 33.7. The Morgan fingerprint density at radius 3 is 2.02 bits per heavy atom. The molecule has 9 aromatic rings. The molecule has 1 aliphatic rings. The third-order valence-electron chi connectivity index (χ3n) is 10.2. The quantitative estimate of drug-likeness (QED) is 0.181. The van der Waals surface area contributed by atoms with Gasteiger partial charge in [0.25, 0.3) is 0 Å². The van der Waals surface area contributed by atoms with Crippen LogP contribution in [0.3, 0.4) is 0 Å². The number of nitrogens with one attached hydrogen (secondary N) is 2. The summed E-state index contributed by atoms with van der Waals surface area (Å²) in [7, 11) is 0. The van der Waals surface area contributed by atoms with Gasteiger partial charge in [0.05, 0.1) is 0 Å². The van der Waals surface area contributed by atoms with Gasteiger partial charge in [-0.3, -0.25) is 5.32 Å². The molecule has 0 amide bonds. The summed E-state index contributed by atoms with van der Waals surface area (Å²) in [6.07, 6.45) is -0.602. The smallest absolute Gasteiger partial charge is 0.135 e. The minimum absolute atomic E-state index is 0.212. The number of hydrogen-bond acceptors (Lipinski definition) is 4. The Morgan fingerprint density at radius 2 is 1.16 bits per heavy atom. The maximum atomic E-state index is 6.48. The molecule has 0 spiro atoms. The van der Waals surface area contributed by atoms with Crippen LogP contribution >= 0.6 is 0 Å². The lowest BCUT2D eigenvalue weighted by Gasteiger charge is -2.33. The average Bonchev–Trinajstić information content (AvgIpc) is 3.59. The lowest BCUT2D eigenvalue weighted by Crippen LogP contribution is -2.45. The molecule has 0 saturated heterocycles. The summed E-state index contributed by atoms with van der Waals surface area (Å²) >= 11 is 0. The van der Waals surface area contributed by atoms with Crippen molar-refractivity contribution in [2.75, 3.05) is 0 Å². The number of rotatable bonds is 5. The van der Waals surface area contributed by atoms with Gasteiger partial charge in [-0.1, -0.05) is 152 Å². The van der Waals surface area contributed by atoms with Crippen molar-refractivity contribution in [3.63, 3.8) is 0 Å². The van der Waals surface area contributed by atoms with Crippen molar-refractivity contribution >= 4 is 49.3 Å². The van der Waals surface area contributed by atoms with Crippen LogP contribution in [0.5, 0.6) is 0 Å². The van der Waals surface area contributed by atoms with Crippen molar-refractivity contribution < 1.29 is 4.42 Å². The highest BCUT2D eigenvalue weighted by Gasteiger charge is 2.30. The second-order valence-corrected chi connectivity index (χ2v) is 13.2. The van der Waals surface area contributed by atoms with Crippen molar-refractivity contribution in [1.29, 1.82) is 0 Å². The Kier molecular flexibility index (Phi) is 7.00. The fraction of sp³-hybridized carbons (Fsp3) is 0.0426. The third kappa shape index (κ3) is 5.16. The van der Waals surface area contributed by atoms with Gasteiger partial charge in [-0.25, -0.2) is 4.99 Å². The Balaban J connectivity index is 1.18. The molecule has 0 radical (unpaired) electrons. The molecule has 10 rings (SSSR count). The van der Waals surface area contributed by atoms with Crippen LogP contribution < -0.4 is 10.6 Å². The molecular weight excluding hydrogens is 623 g/mol. The van der Waals surface area contributed by atoms with E-state index in [1.54, 1.807) is 0 Å². The molecule has 4 nitrogen and oxygen atoms in total. The monoisotopic (exact) mass is 655 g/mol. The molecule has 2 N–H and O–H groups in total. The van der Waals surface area contributed by atoms with Crippen molar-refractivity contribution in [3.8, 4) is 22.3 Å². The van der Waals surface area contributed by atoms with E-state index in [0.29, 0.717) is 0 Å². The van der Waals surface area contributed by atoms with Crippen LogP contribution in [0.2, 0.25) is 0 Å². The van der Waals surface area contributed by atoms with Gasteiger partial charge in [-0.05, 0) is 73.6 Å². The summed E-state index contributed by atoms with van der Waals surface area (Å²) in [5, 5.41) is 14.8. The maximum absolute atomic E-state index is 6.48. The van der Waals surface area contributed by atoms with Gasteiger partial charge in [-0.2, -0.15) is 0 Å². The summed E-state index contributed by atoms with van der Waals surface area (Å²) in [5.74, 6) is 0.844. The van der Waals surface area contributed by atoms with Gasteiger partial charge in [0, 0.05) is 21.9 Å². The van der Waals surface area contributed by atoms with E-state index < -0.39 is 0 Å². The van der Waals surface area contributed by atoms with Crippen molar-refractivity contribution in [2.24, 2.45) is 4.99 Å².